The summed E-state index contributed by atoms with van der Waals surface area (Å²) in [5.74, 6) is -0.723. The Morgan fingerprint density at radius 2 is 1.88 bits per heavy atom. The van der Waals surface area contributed by atoms with E-state index in [0.29, 0.717) is 31.7 Å². The summed E-state index contributed by atoms with van der Waals surface area (Å²) >= 11 is 0. The van der Waals surface area contributed by atoms with Crippen molar-refractivity contribution in [3.05, 3.63) is 29.6 Å². The Balaban J connectivity index is 1.87. The first-order chi connectivity index (χ1) is 11.7. The van der Waals surface area contributed by atoms with E-state index in [9.17, 15) is 14.0 Å². The molecule has 1 N–H and O–H groups in total. The molecule has 1 fully saturated rings. The lowest BCUT2D eigenvalue weighted by atomic mass is 10.0. The number of methoxy groups -OCH3 is 1. The maximum Gasteiger partial charge on any atom is 0.410 e. The number of carbonyl (C=O) groups excluding carboxylic acids is 2. The second-order valence-electron chi connectivity index (χ2n) is 7.06. The zero-order chi connectivity index (χ0) is 18.6. The van der Waals surface area contributed by atoms with Gasteiger partial charge in [-0.25, -0.2) is 9.18 Å². The standard InChI is InChI=1S/C18H25FN2O4/c1-18(2,3)25-17(23)21-9-7-12(8-10-21)20-16(22)14-6-5-13(24-4)11-15(14)19/h5-6,11-12H,7-10H2,1-4H3,(H,20,22). The van der Waals surface area contributed by atoms with E-state index in [0.717, 1.165) is 0 Å². The van der Waals surface area contributed by atoms with E-state index in [1.54, 1.807) is 11.0 Å². The predicted molar refractivity (Wildman–Crippen MR) is 91.2 cm³/mol. The van der Waals surface area contributed by atoms with Gasteiger partial charge in [0.05, 0.1) is 12.7 Å². The van der Waals surface area contributed by atoms with Gasteiger partial charge < -0.3 is 19.7 Å². The molecule has 1 aromatic rings. The van der Waals surface area contributed by atoms with Gasteiger partial charge in [-0.2, -0.15) is 0 Å². The van der Waals surface area contributed by atoms with Crippen LogP contribution < -0.4 is 10.1 Å². The molecule has 7 heteroatoms. The van der Waals surface area contributed by atoms with E-state index in [2.05, 4.69) is 5.32 Å². The first kappa shape index (κ1) is 19.0. The molecule has 1 aromatic carbocycles. The lowest BCUT2D eigenvalue weighted by Crippen LogP contribution is -2.47. The van der Waals surface area contributed by atoms with Crippen molar-refractivity contribution in [3.63, 3.8) is 0 Å². The van der Waals surface area contributed by atoms with Crippen LogP contribution in [0.4, 0.5) is 9.18 Å². The molecule has 0 aliphatic carbocycles. The van der Waals surface area contributed by atoms with Crippen LogP contribution in [0.2, 0.25) is 0 Å². The van der Waals surface area contributed by atoms with Gasteiger partial charge in [-0.05, 0) is 45.7 Å². The number of hydrogen-bond donors (Lipinski definition) is 1. The van der Waals surface area contributed by atoms with Crippen LogP contribution in [-0.4, -0.2) is 48.7 Å². The quantitative estimate of drug-likeness (QED) is 0.908. The Hall–Kier alpha value is -2.31. The van der Waals surface area contributed by atoms with Crippen LogP contribution in [0.15, 0.2) is 18.2 Å². The molecular formula is C18H25FN2O4. The summed E-state index contributed by atoms with van der Waals surface area (Å²) in [4.78, 5) is 25.9. The third-order valence-electron chi connectivity index (χ3n) is 3.90. The monoisotopic (exact) mass is 352 g/mol. The Kier molecular flexibility index (Phi) is 5.87. The summed E-state index contributed by atoms with van der Waals surface area (Å²) in [6, 6.07) is 4.02. The highest BCUT2D eigenvalue weighted by Gasteiger charge is 2.28. The minimum Gasteiger partial charge on any atom is -0.497 e. The second kappa shape index (κ2) is 7.72. The van der Waals surface area contributed by atoms with Crippen molar-refractivity contribution in [1.29, 1.82) is 0 Å². The largest absolute Gasteiger partial charge is 0.497 e. The van der Waals surface area contributed by atoms with Crippen LogP contribution in [0.3, 0.4) is 0 Å². The van der Waals surface area contributed by atoms with Crippen LogP contribution in [0.25, 0.3) is 0 Å². The number of carbonyl (C=O) groups is 2. The number of likely N-dealkylation sites (tertiary alicyclic amines) is 1. The van der Waals surface area contributed by atoms with Crippen LogP contribution >= 0.6 is 0 Å². The van der Waals surface area contributed by atoms with E-state index in [4.69, 9.17) is 9.47 Å². The molecule has 138 valence electrons. The number of hydrogen-bond acceptors (Lipinski definition) is 4. The molecule has 0 saturated carbocycles. The number of benzene rings is 1. The van der Waals surface area contributed by atoms with Gasteiger partial charge in [0.1, 0.15) is 17.2 Å². The lowest BCUT2D eigenvalue weighted by Gasteiger charge is -2.33. The first-order valence-electron chi connectivity index (χ1n) is 8.32. The number of rotatable bonds is 3. The van der Waals surface area contributed by atoms with Crippen molar-refractivity contribution < 1.29 is 23.5 Å². The third-order valence-corrected chi connectivity index (χ3v) is 3.90. The maximum absolute atomic E-state index is 14.0. The highest BCUT2D eigenvalue weighted by molar-refractivity contribution is 5.94. The van der Waals surface area contributed by atoms with E-state index in [1.165, 1.54) is 19.2 Å². The second-order valence-corrected chi connectivity index (χ2v) is 7.06. The van der Waals surface area contributed by atoms with Gasteiger partial charge in [0, 0.05) is 25.2 Å². The molecule has 1 heterocycles. The molecule has 1 aliphatic rings. The summed E-state index contributed by atoms with van der Waals surface area (Å²) in [5.41, 5.74) is -0.552. The highest BCUT2D eigenvalue weighted by Crippen LogP contribution is 2.18. The molecule has 1 saturated heterocycles. The summed E-state index contributed by atoms with van der Waals surface area (Å²) in [7, 11) is 1.44. The fraction of sp³-hybridized carbons (Fsp3) is 0.556. The van der Waals surface area contributed by atoms with Crippen LogP contribution in [-0.2, 0) is 4.74 Å². The molecule has 0 spiro atoms. The molecule has 0 atom stereocenters. The molecule has 2 rings (SSSR count). The van der Waals surface area contributed by atoms with E-state index < -0.39 is 17.3 Å². The fourth-order valence-electron chi connectivity index (χ4n) is 2.60. The zero-order valence-corrected chi connectivity index (χ0v) is 15.1. The topological polar surface area (TPSA) is 67.9 Å². The zero-order valence-electron chi connectivity index (χ0n) is 15.1. The Bertz CT molecular complexity index is 634. The molecule has 0 aromatic heterocycles. The average molecular weight is 352 g/mol. The van der Waals surface area contributed by atoms with Crippen molar-refractivity contribution in [2.24, 2.45) is 0 Å². The van der Waals surface area contributed by atoms with E-state index >= 15 is 0 Å². The van der Waals surface area contributed by atoms with Crippen LogP contribution in [0, 0.1) is 5.82 Å². The molecule has 0 bridgehead atoms. The Morgan fingerprint density at radius 3 is 2.40 bits per heavy atom. The smallest absolute Gasteiger partial charge is 0.410 e. The van der Waals surface area contributed by atoms with Gasteiger partial charge >= 0.3 is 6.09 Å². The number of amides is 2. The van der Waals surface area contributed by atoms with Crippen molar-refractivity contribution in [3.8, 4) is 5.75 Å². The van der Waals surface area contributed by atoms with Gasteiger partial charge in [-0.15, -0.1) is 0 Å². The van der Waals surface area contributed by atoms with Crippen LogP contribution in [0.5, 0.6) is 5.75 Å². The van der Waals surface area contributed by atoms with Crippen molar-refractivity contribution in [2.45, 2.75) is 45.3 Å². The predicted octanol–water partition coefficient (Wildman–Crippen LogP) is 2.96. The number of ether oxygens (including phenoxy) is 2. The minimum absolute atomic E-state index is 0.0182. The number of halogens is 1. The number of nitrogens with zero attached hydrogens (tertiary/aromatic N) is 1. The normalized spacial score (nSPS) is 15.6. The molecular weight excluding hydrogens is 327 g/mol. The Labute approximate surface area is 147 Å². The van der Waals surface area contributed by atoms with Crippen LogP contribution in [0.1, 0.15) is 44.0 Å². The van der Waals surface area contributed by atoms with Gasteiger partial charge in [0.2, 0.25) is 0 Å². The third kappa shape index (κ3) is 5.34. The van der Waals surface area contributed by atoms with Crippen molar-refractivity contribution in [1.82, 2.24) is 10.2 Å². The number of nitrogens with one attached hydrogen (secondary N) is 1. The van der Waals surface area contributed by atoms with Gasteiger partial charge in [0.15, 0.2) is 0 Å². The van der Waals surface area contributed by atoms with Gasteiger partial charge in [-0.1, -0.05) is 0 Å². The van der Waals surface area contributed by atoms with Crippen molar-refractivity contribution >= 4 is 12.0 Å². The molecule has 2 amide bonds. The van der Waals surface area contributed by atoms with Gasteiger partial charge in [0.25, 0.3) is 5.91 Å². The van der Waals surface area contributed by atoms with E-state index in [1.807, 2.05) is 20.8 Å². The highest BCUT2D eigenvalue weighted by atomic mass is 19.1. The molecule has 0 radical (unpaired) electrons. The SMILES string of the molecule is COc1ccc(C(=O)NC2CCN(C(=O)OC(C)(C)C)CC2)c(F)c1. The number of piperidine rings is 1. The molecule has 6 nitrogen and oxygen atoms in total. The van der Waals surface area contributed by atoms with E-state index in [-0.39, 0.29) is 17.7 Å². The lowest BCUT2D eigenvalue weighted by molar-refractivity contribution is 0.0199. The first-order valence-corrected chi connectivity index (χ1v) is 8.32. The summed E-state index contributed by atoms with van der Waals surface area (Å²) in [5, 5.41) is 2.82. The molecule has 0 unspecified atom stereocenters. The fourth-order valence-corrected chi connectivity index (χ4v) is 2.60. The van der Waals surface area contributed by atoms with Gasteiger partial charge in [-0.3, -0.25) is 4.79 Å². The Morgan fingerprint density at radius 1 is 1.24 bits per heavy atom. The summed E-state index contributed by atoms with van der Waals surface area (Å²) in [6.45, 7) is 6.44. The average Bonchev–Trinajstić information content (AvgIpc) is 2.53. The van der Waals surface area contributed by atoms with Crippen molar-refractivity contribution in [2.75, 3.05) is 20.2 Å². The molecule has 25 heavy (non-hydrogen) atoms. The summed E-state index contributed by atoms with van der Waals surface area (Å²) in [6.07, 6.45) is 0.851. The minimum atomic E-state index is -0.622. The summed E-state index contributed by atoms with van der Waals surface area (Å²) < 4.78 is 24.2. The molecule has 1 aliphatic heterocycles. The maximum atomic E-state index is 14.0.